The molecular weight excluding hydrogens is 349 g/mol. The molecule has 1 aliphatic heterocycles. The normalized spacial score (nSPS) is 24.9. The molecule has 3 aromatic rings. The predicted molar refractivity (Wildman–Crippen MR) is 99.0 cm³/mol. The predicted octanol–water partition coefficient (Wildman–Crippen LogP) is 3.14. The van der Waals surface area contributed by atoms with E-state index in [1.165, 1.54) is 12.1 Å². The Balaban J connectivity index is 1.77. The summed E-state index contributed by atoms with van der Waals surface area (Å²) in [7, 11) is 0. The van der Waals surface area contributed by atoms with Gasteiger partial charge in [0.15, 0.2) is 0 Å². The molecule has 7 heteroatoms. The summed E-state index contributed by atoms with van der Waals surface area (Å²) < 4.78 is 19.0. The molecule has 0 amide bonds. The van der Waals surface area contributed by atoms with Gasteiger partial charge in [0.1, 0.15) is 29.8 Å². The first kappa shape index (κ1) is 17.7. The number of aliphatic hydroxyl groups is 2. The first-order valence-electron chi connectivity index (χ1n) is 8.72. The molecule has 1 aliphatic rings. The lowest BCUT2D eigenvalue weighted by molar-refractivity contribution is 0.0129. The quantitative estimate of drug-likeness (QED) is 0.567. The van der Waals surface area contributed by atoms with Crippen molar-refractivity contribution in [2.75, 3.05) is 5.32 Å². The number of aliphatic hydroxyl groups excluding tert-OH is 2. The van der Waals surface area contributed by atoms with Crippen LogP contribution in [-0.2, 0) is 4.74 Å². The molecule has 0 radical (unpaired) electrons. The number of aromatic amines is 1. The zero-order valence-electron chi connectivity index (χ0n) is 14.6. The van der Waals surface area contributed by atoms with Crippen molar-refractivity contribution in [1.82, 2.24) is 10.2 Å². The van der Waals surface area contributed by atoms with Crippen LogP contribution < -0.4 is 5.32 Å². The average molecular weight is 369 g/mol. The van der Waals surface area contributed by atoms with E-state index in [1.807, 2.05) is 30.3 Å². The van der Waals surface area contributed by atoms with Crippen LogP contribution in [0.2, 0.25) is 0 Å². The molecule has 0 aliphatic carbocycles. The molecule has 140 valence electrons. The molecule has 6 nitrogen and oxygen atoms in total. The molecule has 0 bridgehead atoms. The molecule has 1 fully saturated rings. The Morgan fingerprint density at radius 3 is 2.37 bits per heavy atom. The highest BCUT2D eigenvalue weighted by molar-refractivity contribution is 5.80. The second-order valence-corrected chi connectivity index (χ2v) is 6.60. The molecule has 1 saturated heterocycles. The monoisotopic (exact) mass is 369 g/mol. The zero-order valence-corrected chi connectivity index (χ0v) is 14.6. The topological polar surface area (TPSA) is 90.4 Å². The molecule has 0 unspecified atom stereocenters. The maximum Gasteiger partial charge on any atom is 0.130 e. The van der Waals surface area contributed by atoms with E-state index < -0.39 is 24.4 Å². The van der Waals surface area contributed by atoms with Crippen molar-refractivity contribution in [3.05, 3.63) is 66.1 Å². The summed E-state index contributed by atoms with van der Waals surface area (Å²) in [5, 5.41) is 31.0. The number of rotatable bonds is 4. The van der Waals surface area contributed by atoms with Crippen molar-refractivity contribution in [3.63, 3.8) is 0 Å². The van der Waals surface area contributed by atoms with E-state index in [2.05, 4.69) is 15.5 Å². The van der Waals surface area contributed by atoms with Gasteiger partial charge in [-0.2, -0.15) is 5.10 Å². The first-order valence-corrected chi connectivity index (χ1v) is 8.72. The molecule has 4 atom stereocenters. The number of hydrogen-bond donors (Lipinski definition) is 4. The van der Waals surface area contributed by atoms with Gasteiger partial charge in [-0.3, -0.25) is 5.10 Å². The SMILES string of the molecule is C[C@@H]1O[C@@H](c2[nH]nc(-c3ccccc3)c2Nc2ccc(F)cc2)[C@H](O)[C@@H]1O. The lowest BCUT2D eigenvalue weighted by Gasteiger charge is -2.16. The smallest absolute Gasteiger partial charge is 0.130 e. The van der Waals surface area contributed by atoms with Crippen LogP contribution in [0.15, 0.2) is 54.6 Å². The van der Waals surface area contributed by atoms with Crippen molar-refractivity contribution in [3.8, 4) is 11.3 Å². The van der Waals surface area contributed by atoms with Gasteiger partial charge in [0.25, 0.3) is 0 Å². The molecule has 1 aromatic heterocycles. The number of aromatic nitrogens is 2. The lowest BCUT2D eigenvalue weighted by atomic mass is 10.0. The van der Waals surface area contributed by atoms with Crippen molar-refractivity contribution in [2.24, 2.45) is 0 Å². The molecule has 0 spiro atoms. The number of nitrogens with zero attached hydrogens (tertiary/aromatic N) is 1. The summed E-state index contributed by atoms with van der Waals surface area (Å²) in [6.45, 7) is 1.70. The summed E-state index contributed by atoms with van der Waals surface area (Å²) in [5.41, 5.74) is 3.30. The van der Waals surface area contributed by atoms with E-state index in [9.17, 15) is 14.6 Å². The van der Waals surface area contributed by atoms with Gasteiger partial charge in [-0.05, 0) is 31.2 Å². The van der Waals surface area contributed by atoms with E-state index in [4.69, 9.17) is 4.74 Å². The summed E-state index contributed by atoms with van der Waals surface area (Å²) in [5.74, 6) is -0.331. The number of anilines is 2. The summed E-state index contributed by atoms with van der Waals surface area (Å²) >= 11 is 0. The zero-order chi connectivity index (χ0) is 19.0. The number of nitrogens with one attached hydrogen (secondary N) is 2. The number of ether oxygens (including phenoxy) is 1. The highest BCUT2D eigenvalue weighted by Crippen LogP contribution is 2.40. The third-order valence-electron chi connectivity index (χ3n) is 4.74. The number of hydrogen-bond acceptors (Lipinski definition) is 5. The Kier molecular flexibility index (Phi) is 4.65. The molecule has 4 N–H and O–H groups in total. The Labute approximate surface area is 155 Å². The standard InChI is InChI=1S/C20H20FN3O3/c1-11-18(25)19(26)20(27-11)17-16(22-14-9-7-13(21)8-10-14)15(23-24-17)12-5-3-2-4-6-12/h2-11,18-20,22,25-26H,1H3,(H,23,24)/t11-,18+,19+,20-/m0/s1. The number of benzene rings is 2. The Morgan fingerprint density at radius 2 is 1.74 bits per heavy atom. The van der Waals surface area contributed by atoms with Gasteiger partial charge in [0, 0.05) is 11.3 Å². The van der Waals surface area contributed by atoms with Crippen LogP contribution in [0, 0.1) is 5.82 Å². The number of H-pyrrole nitrogens is 1. The molecule has 2 heterocycles. The van der Waals surface area contributed by atoms with Crippen LogP contribution in [0.1, 0.15) is 18.7 Å². The van der Waals surface area contributed by atoms with Gasteiger partial charge in [0.2, 0.25) is 0 Å². The van der Waals surface area contributed by atoms with E-state index in [1.54, 1.807) is 19.1 Å². The van der Waals surface area contributed by atoms with Gasteiger partial charge in [-0.15, -0.1) is 0 Å². The summed E-state index contributed by atoms with van der Waals surface area (Å²) in [6, 6.07) is 15.5. The van der Waals surface area contributed by atoms with Gasteiger partial charge in [-0.1, -0.05) is 30.3 Å². The fourth-order valence-electron chi connectivity index (χ4n) is 3.26. The lowest BCUT2D eigenvalue weighted by Crippen LogP contribution is -2.28. The van der Waals surface area contributed by atoms with Crippen molar-refractivity contribution < 1.29 is 19.3 Å². The highest BCUT2D eigenvalue weighted by atomic mass is 19.1. The largest absolute Gasteiger partial charge is 0.388 e. The summed E-state index contributed by atoms with van der Waals surface area (Å²) in [4.78, 5) is 0. The molecule has 27 heavy (non-hydrogen) atoms. The van der Waals surface area contributed by atoms with Crippen LogP contribution in [0.4, 0.5) is 15.8 Å². The van der Waals surface area contributed by atoms with E-state index in [0.717, 1.165) is 5.56 Å². The first-order chi connectivity index (χ1) is 13.0. The highest BCUT2D eigenvalue weighted by Gasteiger charge is 2.43. The summed E-state index contributed by atoms with van der Waals surface area (Å²) in [6.07, 6.45) is -3.34. The third kappa shape index (κ3) is 3.32. The van der Waals surface area contributed by atoms with Gasteiger partial charge in [0.05, 0.1) is 17.5 Å². The van der Waals surface area contributed by atoms with Crippen LogP contribution in [0.5, 0.6) is 0 Å². The molecule has 0 saturated carbocycles. The van der Waals surface area contributed by atoms with Gasteiger partial charge >= 0.3 is 0 Å². The molecule has 2 aromatic carbocycles. The van der Waals surface area contributed by atoms with Gasteiger partial charge < -0.3 is 20.3 Å². The van der Waals surface area contributed by atoms with Crippen molar-refractivity contribution in [1.29, 1.82) is 0 Å². The fourth-order valence-corrected chi connectivity index (χ4v) is 3.26. The van der Waals surface area contributed by atoms with Crippen molar-refractivity contribution in [2.45, 2.75) is 31.3 Å². The molecular formula is C20H20FN3O3. The Hall–Kier alpha value is -2.74. The second kappa shape index (κ2) is 7.11. The van der Waals surface area contributed by atoms with Crippen molar-refractivity contribution >= 4 is 11.4 Å². The van der Waals surface area contributed by atoms with Crippen LogP contribution in [0.25, 0.3) is 11.3 Å². The van der Waals surface area contributed by atoms with E-state index >= 15 is 0 Å². The van der Waals surface area contributed by atoms with E-state index in [-0.39, 0.29) is 5.82 Å². The maximum absolute atomic E-state index is 13.2. The fraction of sp³-hybridized carbons (Fsp3) is 0.250. The minimum atomic E-state index is -1.09. The van der Waals surface area contributed by atoms with Crippen LogP contribution in [-0.4, -0.2) is 38.7 Å². The number of halogens is 1. The second-order valence-electron chi connectivity index (χ2n) is 6.60. The van der Waals surface area contributed by atoms with Crippen LogP contribution >= 0.6 is 0 Å². The average Bonchev–Trinajstić information content (AvgIpc) is 3.20. The van der Waals surface area contributed by atoms with Crippen LogP contribution in [0.3, 0.4) is 0 Å². The molecule has 4 rings (SSSR count). The van der Waals surface area contributed by atoms with E-state index in [0.29, 0.717) is 22.8 Å². The minimum absolute atomic E-state index is 0.331. The van der Waals surface area contributed by atoms with Gasteiger partial charge in [-0.25, -0.2) is 4.39 Å². The minimum Gasteiger partial charge on any atom is -0.388 e. The Morgan fingerprint density at radius 1 is 1.04 bits per heavy atom. The maximum atomic E-state index is 13.2. The third-order valence-corrected chi connectivity index (χ3v) is 4.74. The Bertz CT molecular complexity index is 914.